The molecule has 0 fully saturated rings. The van der Waals surface area contributed by atoms with Crippen LogP contribution in [-0.2, 0) is 6.54 Å². The van der Waals surface area contributed by atoms with E-state index in [-0.39, 0.29) is 0 Å². The van der Waals surface area contributed by atoms with Crippen LogP contribution < -0.4 is 0 Å². The van der Waals surface area contributed by atoms with Crippen LogP contribution in [0, 0.1) is 13.8 Å². The molecule has 0 saturated carbocycles. The lowest BCUT2D eigenvalue weighted by atomic mass is 10.2. The molecule has 0 radical (unpaired) electrons. The maximum atomic E-state index is 5.85. The zero-order chi connectivity index (χ0) is 10.8. The minimum absolute atomic E-state index is 0.791. The highest BCUT2D eigenvalue weighted by Crippen LogP contribution is 2.14. The molecular weight excluding hydrogens is 206 g/mol. The van der Waals surface area contributed by atoms with Crippen LogP contribution in [-0.4, -0.2) is 4.57 Å². The molecule has 0 atom stereocenters. The van der Waals surface area contributed by atoms with Gasteiger partial charge in [-0.15, -0.1) is 0 Å². The van der Waals surface area contributed by atoms with Crippen molar-refractivity contribution in [2.45, 2.75) is 20.4 Å². The lowest BCUT2D eigenvalue weighted by Crippen LogP contribution is -2.03. The quantitative estimate of drug-likeness (QED) is 0.724. The average Bonchev–Trinajstić information content (AvgIpc) is 2.53. The van der Waals surface area contributed by atoms with Gasteiger partial charge in [-0.2, -0.15) is 0 Å². The van der Waals surface area contributed by atoms with Crippen molar-refractivity contribution < 1.29 is 0 Å². The van der Waals surface area contributed by atoms with E-state index in [1.54, 1.807) is 0 Å². The summed E-state index contributed by atoms with van der Waals surface area (Å²) < 4.78 is 2.29. The monoisotopic (exact) mass is 219 g/mol. The van der Waals surface area contributed by atoms with Gasteiger partial charge in [-0.25, -0.2) is 0 Å². The van der Waals surface area contributed by atoms with Crippen LogP contribution >= 0.6 is 11.6 Å². The van der Waals surface area contributed by atoms with Crippen LogP contribution in [0.1, 0.15) is 17.0 Å². The van der Waals surface area contributed by atoms with Gasteiger partial charge in [0.25, 0.3) is 0 Å². The smallest absolute Gasteiger partial charge is 0.0475 e. The number of halogens is 1. The number of aryl methyl sites for hydroxylation is 2. The first-order valence-corrected chi connectivity index (χ1v) is 5.42. The zero-order valence-electron chi connectivity index (χ0n) is 9.00. The van der Waals surface area contributed by atoms with Gasteiger partial charge in [0.2, 0.25) is 0 Å². The van der Waals surface area contributed by atoms with E-state index in [2.05, 4.69) is 42.7 Å². The topological polar surface area (TPSA) is 4.93 Å². The van der Waals surface area contributed by atoms with Gasteiger partial charge >= 0.3 is 0 Å². The molecule has 0 N–H and O–H groups in total. The van der Waals surface area contributed by atoms with Crippen molar-refractivity contribution in [2.24, 2.45) is 0 Å². The highest BCUT2D eigenvalue weighted by Gasteiger charge is 2.01. The van der Waals surface area contributed by atoms with Crippen molar-refractivity contribution in [2.75, 3.05) is 0 Å². The first-order chi connectivity index (χ1) is 7.16. The van der Waals surface area contributed by atoms with Gasteiger partial charge in [0, 0.05) is 23.0 Å². The average molecular weight is 220 g/mol. The molecule has 0 spiro atoms. The lowest BCUT2D eigenvalue weighted by molar-refractivity contribution is 0.749. The lowest BCUT2D eigenvalue weighted by Gasteiger charge is -2.09. The van der Waals surface area contributed by atoms with Gasteiger partial charge in [0.1, 0.15) is 0 Å². The Morgan fingerprint density at radius 3 is 2.00 bits per heavy atom. The summed E-state index contributed by atoms with van der Waals surface area (Å²) in [6.45, 7) is 5.17. The zero-order valence-corrected chi connectivity index (χ0v) is 9.75. The SMILES string of the molecule is Cc1ccc(C)n1Cc1ccc(Cl)cc1. The molecule has 0 aliphatic carbocycles. The molecule has 2 rings (SSSR count). The van der Waals surface area contributed by atoms with E-state index in [0.29, 0.717) is 0 Å². The standard InChI is InChI=1S/C13H14ClN/c1-10-3-4-11(2)15(10)9-12-5-7-13(14)8-6-12/h3-8H,9H2,1-2H3. The third-order valence-corrected chi connectivity index (χ3v) is 2.92. The minimum Gasteiger partial charge on any atom is -0.345 e. The second kappa shape index (κ2) is 4.11. The molecule has 1 aromatic carbocycles. The van der Waals surface area contributed by atoms with Crippen molar-refractivity contribution in [3.63, 3.8) is 0 Å². The van der Waals surface area contributed by atoms with Crippen molar-refractivity contribution in [1.29, 1.82) is 0 Å². The molecule has 0 saturated heterocycles. The molecule has 0 aliphatic rings. The maximum absolute atomic E-state index is 5.85. The predicted octanol–water partition coefficient (Wildman–Crippen LogP) is 3.81. The van der Waals surface area contributed by atoms with Crippen LogP contribution in [0.4, 0.5) is 0 Å². The Hall–Kier alpha value is -1.21. The molecule has 1 nitrogen and oxygen atoms in total. The summed E-state index contributed by atoms with van der Waals surface area (Å²) in [5.74, 6) is 0. The van der Waals surface area contributed by atoms with E-state index in [9.17, 15) is 0 Å². The number of nitrogens with zero attached hydrogens (tertiary/aromatic N) is 1. The summed E-state index contributed by atoms with van der Waals surface area (Å²) in [4.78, 5) is 0. The van der Waals surface area contributed by atoms with Crippen molar-refractivity contribution in [3.8, 4) is 0 Å². The number of hydrogen-bond donors (Lipinski definition) is 0. The van der Waals surface area contributed by atoms with E-state index in [1.807, 2.05) is 12.1 Å². The van der Waals surface area contributed by atoms with Gasteiger partial charge in [-0.05, 0) is 43.7 Å². The highest BCUT2D eigenvalue weighted by molar-refractivity contribution is 6.30. The molecule has 0 amide bonds. The van der Waals surface area contributed by atoms with Crippen LogP contribution in [0.15, 0.2) is 36.4 Å². The Balaban J connectivity index is 2.25. The maximum Gasteiger partial charge on any atom is 0.0475 e. The summed E-state index contributed by atoms with van der Waals surface area (Å²) in [5.41, 5.74) is 3.87. The van der Waals surface area contributed by atoms with E-state index < -0.39 is 0 Å². The van der Waals surface area contributed by atoms with Gasteiger partial charge in [0.05, 0.1) is 0 Å². The molecule has 15 heavy (non-hydrogen) atoms. The Labute approximate surface area is 95.3 Å². The normalized spacial score (nSPS) is 10.6. The van der Waals surface area contributed by atoms with E-state index in [1.165, 1.54) is 17.0 Å². The number of benzene rings is 1. The second-order valence-electron chi connectivity index (χ2n) is 3.83. The minimum atomic E-state index is 0.791. The third kappa shape index (κ3) is 2.24. The molecule has 2 heteroatoms. The Bertz CT molecular complexity index is 434. The largest absolute Gasteiger partial charge is 0.345 e. The first kappa shape index (κ1) is 10.3. The Morgan fingerprint density at radius 1 is 0.933 bits per heavy atom. The van der Waals surface area contributed by atoms with Crippen molar-refractivity contribution in [1.82, 2.24) is 4.57 Å². The first-order valence-electron chi connectivity index (χ1n) is 5.04. The van der Waals surface area contributed by atoms with E-state index in [0.717, 1.165) is 11.6 Å². The molecule has 0 bridgehead atoms. The summed E-state index contributed by atoms with van der Waals surface area (Å²) >= 11 is 5.85. The molecule has 0 unspecified atom stereocenters. The number of aromatic nitrogens is 1. The molecule has 1 aromatic heterocycles. The fraction of sp³-hybridized carbons (Fsp3) is 0.231. The van der Waals surface area contributed by atoms with Gasteiger partial charge in [0.15, 0.2) is 0 Å². The third-order valence-electron chi connectivity index (χ3n) is 2.67. The predicted molar refractivity (Wildman–Crippen MR) is 64.5 cm³/mol. The molecular formula is C13H14ClN. The number of rotatable bonds is 2. The van der Waals surface area contributed by atoms with Crippen LogP contribution in [0.2, 0.25) is 5.02 Å². The Morgan fingerprint density at radius 2 is 1.47 bits per heavy atom. The van der Waals surface area contributed by atoms with Crippen LogP contribution in [0.3, 0.4) is 0 Å². The second-order valence-corrected chi connectivity index (χ2v) is 4.27. The van der Waals surface area contributed by atoms with Crippen LogP contribution in [0.25, 0.3) is 0 Å². The summed E-state index contributed by atoms with van der Waals surface area (Å²) in [7, 11) is 0. The van der Waals surface area contributed by atoms with Crippen LogP contribution in [0.5, 0.6) is 0 Å². The summed E-state index contributed by atoms with van der Waals surface area (Å²) in [6.07, 6.45) is 0. The summed E-state index contributed by atoms with van der Waals surface area (Å²) in [6, 6.07) is 12.3. The highest BCUT2D eigenvalue weighted by atomic mass is 35.5. The molecule has 2 aromatic rings. The molecule has 0 aliphatic heterocycles. The van der Waals surface area contributed by atoms with Crippen molar-refractivity contribution in [3.05, 3.63) is 58.4 Å². The molecule has 78 valence electrons. The fourth-order valence-electron chi connectivity index (χ4n) is 1.72. The van der Waals surface area contributed by atoms with Crippen molar-refractivity contribution >= 4 is 11.6 Å². The van der Waals surface area contributed by atoms with Gasteiger partial charge in [-0.3, -0.25) is 0 Å². The number of hydrogen-bond acceptors (Lipinski definition) is 0. The Kier molecular flexibility index (Phi) is 2.83. The fourth-order valence-corrected chi connectivity index (χ4v) is 1.85. The van der Waals surface area contributed by atoms with Gasteiger partial charge in [-0.1, -0.05) is 23.7 Å². The van der Waals surface area contributed by atoms with E-state index >= 15 is 0 Å². The molecule has 1 heterocycles. The summed E-state index contributed by atoms with van der Waals surface area (Å²) in [5, 5.41) is 0.791. The van der Waals surface area contributed by atoms with E-state index in [4.69, 9.17) is 11.6 Å². The van der Waals surface area contributed by atoms with Gasteiger partial charge < -0.3 is 4.57 Å².